The molecule has 1 aromatic rings. The van der Waals surface area contributed by atoms with Crippen LogP contribution in [0.1, 0.15) is 12.0 Å². The lowest BCUT2D eigenvalue weighted by Crippen LogP contribution is -2.46. The molecule has 2 amide bonds. The summed E-state index contributed by atoms with van der Waals surface area (Å²) in [6.45, 7) is 0. The molecule has 0 aromatic heterocycles. The SMILES string of the molecule is COc1ccccc1/C=C1\SC(=S)N(C(CC(N)=O)C(=O)O)C1=O. The Hall–Kier alpha value is -2.39. The minimum absolute atomic E-state index is 0.0646. The standard InChI is InChI=1S/C15H14N2O5S2/c1-22-10-5-3-2-4-8(10)6-11-13(19)17(15(23)24-11)9(14(20)21)7-12(16)18/h2-6,9H,7H2,1H3,(H2,16,18)(H,20,21)/b11-6-. The number of carboxylic acid groups (broad SMARTS) is 1. The highest BCUT2D eigenvalue weighted by molar-refractivity contribution is 8.26. The zero-order chi connectivity index (χ0) is 17.9. The molecule has 1 unspecified atom stereocenters. The number of benzene rings is 1. The van der Waals surface area contributed by atoms with Crippen molar-refractivity contribution in [1.29, 1.82) is 0 Å². The molecule has 1 aliphatic rings. The maximum Gasteiger partial charge on any atom is 0.327 e. The van der Waals surface area contributed by atoms with Crippen molar-refractivity contribution in [2.75, 3.05) is 7.11 Å². The Bertz CT molecular complexity index is 747. The van der Waals surface area contributed by atoms with Gasteiger partial charge in [0.05, 0.1) is 18.4 Å². The largest absolute Gasteiger partial charge is 0.496 e. The van der Waals surface area contributed by atoms with Gasteiger partial charge in [-0.05, 0) is 12.1 Å². The zero-order valence-corrected chi connectivity index (χ0v) is 14.2. The number of methoxy groups -OCH3 is 1. The zero-order valence-electron chi connectivity index (χ0n) is 12.6. The van der Waals surface area contributed by atoms with Crippen LogP contribution < -0.4 is 10.5 Å². The average molecular weight is 366 g/mol. The molecule has 7 nitrogen and oxygen atoms in total. The Morgan fingerprint density at radius 2 is 2.12 bits per heavy atom. The Balaban J connectivity index is 2.36. The minimum atomic E-state index is -1.42. The van der Waals surface area contributed by atoms with Gasteiger partial charge < -0.3 is 15.6 Å². The molecule has 0 aliphatic carbocycles. The van der Waals surface area contributed by atoms with Gasteiger partial charge in [0.25, 0.3) is 5.91 Å². The number of rotatable bonds is 6. The first-order valence-electron chi connectivity index (χ1n) is 6.76. The predicted molar refractivity (Wildman–Crippen MR) is 93.2 cm³/mol. The number of amides is 2. The van der Waals surface area contributed by atoms with Crippen LogP contribution in [0.15, 0.2) is 29.2 Å². The maximum atomic E-state index is 12.5. The van der Waals surface area contributed by atoms with Gasteiger partial charge in [-0.2, -0.15) is 0 Å². The fraction of sp³-hybridized carbons (Fsp3) is 0.200. The number of primary amides is 1. The first-order valence-corrected chi connectivity index (χ1v) is 7.98. The second-order valence-corrected chi connectivity index (χ2v) is 6.49. The van der Waals surface area contributed by atoms with Gasteiger partial charge in [0, 0.05) is 5.56 Å². The number of thiocarbonyl (C=S) groups is 1. The topological polar surface area (TPSA) is 110 Å². The number of hydrogen-bond acceptors (Lipinski definition) is 6. The Kier molecular flexibility index (Phi) is 5.58. The van der Waals surface area contributed by atoms with E-state index in [0.717, 1.165) is 16.7 Å². The minimum Gasteiger partial charge on any atom is -0.496 e. The number of carboxylic acids is 1. The Morgan fingerprint density at radius 3 is 2.71 bits per heavy atom. The van der Waals surface area contributed by atoms with Crippen LogP contribution in [-0.4, -0.2) is 45.3 Å². The third kappa shape index (κ3) is 3.74. The number of para-hydroxylation sites is 1. The van der Waals surface area contributed by atoms with E-state index in [0.29, 0.717) is 11.3 Å². The summed E-state index contributed by atoms with van der Waals surface area (Å²) in [4.78, 5) is 36.2. The summed E-state index contributed by atoms with van der Waals surface area (Å²) in [5.74, 6) is -2.19. The highest BCUT2D eigenvalue weighted by Crippen LogP contribution is 2.35. The first kappa shape index (κ1) is 18.0. The number of thioether (sulfide) groups is 1. The van der Waals surface area contributed by atoms with Gasteiger partial charge in [0.1, 0.15) is 16.1 Å². The molecule has 1 atom stereocenters. The molecule has 1 aromatic carbocycles. The van der Waals surface area contributed by atoms with Crippen LogP contribution in [-0.2, 0) is 14.4 Å². The lowest BCUT2D eigenvalue weighted by molar-refractivity contribution is -0.146. The van der Waals surface area contributed by atoms with Gasteiger partial charge in [0.15, 0.2) is 0 Å². The van der Waals surface area contributed by atoms with E-state index in [1.54, 1.807) is 30.3 Å². The highest BCUT2D eigenvalue weighted by atomic mass is 32.2. The van der Waals surface area contributed by atoms with E-state index in [2.05, 4.69) is 0 Å². The van der Waals surface area contributed by atoms with Crippen molar-refractivity contribution >= 4 is 52.2 Å². The van der Waals surface area contributed by atoms with Crippen LogP contribution in [0.5, 0.6) is 5.75 Å². The molecule has 1 aliphatic heterocycles. The van der Waals surface area contributed by atoms with Crippen molar-refractivity contribution in [2.45, 2.75) is 12.5 Å². The number of aliphatic carboxylic acids is 1. The second kappa shape index (κ2) is 7.45. The summed E-state index contributed by atoms with van der Waals surface area (Å²) in [6.07, 6.45) is 1.06. The molecule has 9 heteroatoms. The molecule has 1 heterocycles. The van der Waals surface area contributed by atoms with E-state index in [4.69, 9.17) is 22.7 Å². The number of nitrogens with two attached hydrogens (primary N) is 1. The van der Waals surface area contributed by atoms with Gasteiger partial charge >= 0.3 is 5.97 Å². The molecule has 1 saturated heterocycles. The molecule has 0 bridgehead atoms. The molecular formula is C15H14N2O5S2. The van der Waals surface area contributed by atoms with Crippen LogP contribution in [0.2, 0.25) is 0 Å². The summed E-state index contributed by atoms with van der Waals surface area (Å²) >= 11 is 6.07. The van der Waals surface area contributed by atoms with E-state index in [1.807, 2.05) is 0 Å². The molecule has 24 heavy (non-hydrogen) atoms. The first-order chi connectivity index (χ1) is 11.3. The molecule has 3 N–H and O–H groups in total. The van der Waals surface area contributed by atoms with Crippen molar-refractivity contribution in [3.63, 3.8) is 0 Å². The molecule has 1 fully saturated rings. The smallest absolute Gasteiger partial charge is 0.327 e. The van der Waals surface area contributed by atoms with E-state index in [-0.39, 0.29) is 9.23 Å². The monoisotopic (exact) mass is 366 g/mol. The third-order valence-electron chi connectivity index (χ3n) is 3.24. The van der Waals surface area contributed by atoms with Crippen LogP contribution in [0.25, 0.3) is 6.08 Å². The fourth-order valence-corrected chi connectivity index (χ4v) is 3.50. The summed E-state index contributed by atoms with van der Waals surface area (Å²) in [5.41, 5.74) is 5.72. The average Bonchev–Trinajstić information content (AvgIpc) is 2.79. The highest BCUT2D eigenvalue weighted by Gasteiger charge is 2.41. The van der Waals surface area contributed by atoms with Gasteiger partial charge in [-0.3, -0.25) is 14.5 Å². The molecule has 0 spiro atoms. The van der Waals surface area contributed by atoms with Crippen molar-refractivity contribution in [2.24, 2.45) is 5.73 Å². The van der Waals surface area contributed by atoms with Gasteiger partial charge in [-0.25, -0.2) is 4.79 Å². The lowest BCUT2D eigenvalue weighted by atomic mass is 10.1. The molecule has 0 radical (unpaired) electrons. The van der Waals surface area contributed by atoms with Crippen molar-refractivity contribution < 1.29 is 24.2 Å². The van der Waals surface area contributed by atoms with Gasteiger partial charge in [0.2, 0.25) is 5.91 Å². The number of carbonyl (C=O) groups excluding carboxylic acids is 2. The fourth-order valence-electron chi connectivity index (χ4n) is 2.16. The quantitative estimate of drug-likeness (QED) is 0.575. The Labute approximate surface area is 147 Å². The molecule has 0 saturated carbocycles. The summed E-state index contributed by atoms with van der Waals surface area (Å²) in [5, 5.41) is 9.27. The maximum absolute atomic E-state index is 12.5. The number of ether oxygens (including phenoxy) is 1. The predicted octanol–water partition coefficient (Wildman–Crippen LogP) is 1.22. The molecular weight excluding hydrogens is 352 g/mol. The van der Waals surface area contributed by atoms with Gasteiger partial charge in [-0.15, -0.1) is 0 Å². The van der Waals surface area contributed by atoms with Crippen LogP contribution in [0.4, 0.5) is 0 Å². The summed E-state index contributed by atoms with van der Waals surface area (Å²) < 4.78 is 5.28. The van der Waals surface area contributed by atoms with Gasteiger partial charge in [-0.1, -0.05) is 42.2 Å². The van der Waals surface area contributed by atoms with Crippen molar-refractivity contribution in [3.05, 3.63) is 34.7 Å². The van der Waals surface area contributed by atoms with E-state index < -0.39 is 30.2 Å². The van der Waals surface area contributed by atoms with Crippen LogP contribution >= 0.6 is 24.0 Å². The second-order valence-electron chi connectivity index (χ2n) is 4.82. The van der Waals surface area contributed by atoms with Crippen molar-refractivity contribution in [3.8, 4) is 5.75 Å². The summed E-state index contributed by atoms with van der Waals surface area (Å²) in [6, 6.07) is 5.64. The number of hydrogen-bond donors (Lipinski definition) is 2. The number of carbonyl (C=O) groups is 3. The molecule has 126 valence electrons. The van der Waals surface area contributed by atoms with E-state index in [1.165, 1.54) is 7.11 Å². The Morgan fingerprint density at radius 1 is 1.46 bits per heavy atom. The van der Waals surface area contributed by atoms with Crippen LogP contribution in [0.3, 0.4) is 0 Å². The normalized spacial score (nSPS) is 17.2. The van der Waals surface area contributed by atoms with Crippen LogP contribution in [0, 0.1) is 0 Å². The summed E-state index contributed by atoms with van der Waals surface area (Å²) in [7, 11) is 1.51. The third-order valence-corrected chi connectivity index (χ3v) is 4.57. The van der Waals surface area contributed by atoms with Crippen molar-refractivity contribution in [1.82, 2.24) is 4.90 Å². The van der Waals surface area contributed by atoms with E-state index in [9.17, 15) is 19.5 Å². The number of nitrogens with zero attached hydrogens (tertiary/aromatic N) is 1. The lowest BCUT2D eigenvalue weighted by Gasteiger charge is -2.21. The van der Waals surface area contributed by atoms with E-state index >= 15 is 0 Å². The molecule has 2 rings (SSSR count).